The maximum Gasteiger partial charge on any atom is 0.259 e. The number of nitrogens with one attached hydrogen (secondary N) is 1. The molecule has 6 heteroatoms. The number of carbonyl (C=O) groups is 1. The first-order valence-corrected chi connectivity index (χ1v) is 7.63. The number of carbonyl (C=O) groups excluding carboxylic acids is 1. The van der Waals surface area contributed by atoms with Crippen molar-refractivity contribution >= 4 is 11.6 Å². The Bertz CT molecular complexity index is 776. The van der Waals surface area contributed by atoms with Crippen molar-refractivity contribution in [3.63, 3.8) is 0 Å². The lowest BCUT2D eigenvalue weighted by Crippen LogP contribution is -2.14. The van der Waals surface area contributed by atoms with Crippen molar-refractivity contribution < 1.29 is 23.4 Å². The van der Waals surface area contributed by atoms with E-state index >= 15 is 0 Å². The van der Waals surface area contributed by atoms with Crippen LogP contribution in [-0.4, -0.2) is 26.2 Å². The zero-order chi connectivity index (χ0) is 17.1. The summed E-state index contributed by atoms with van der Waals surface area (Å²) in [7, 11) is 1.49. The average molecular weight is 331 g/mol. The molecule has 1 aliphatic heterocycles. The van der Waals surface area contributed by atoms with Gasteiger partial charge in [0.1, 0.15) is 11.6 Å². The summed E-state index contributed by atoms with van der Waals surface area (Å²) in [6.45, 7) is 2.80. The second-order valence-electron chi connectivity index (χ2n) is 5.46. The fourth-order valence-electron chi connectivity index (χ4n) is 2.49. The maximum absolute atomic E-state index is 13.2. The summed E-state index contributed by atoms with van der Waals surface area (Å²) in [5, 5.41) is 2.77. The van der Waals surface area contributed by atoms with Crippen LogP contribution in [-0.2, 0) is 0 Å². The van der Waals surface area contributed by atoms with Crippen molar-refractivity contribution in [2.24, 2.45) is 0 Å². The second-order valence-corrected chi connectivity index (χ2v) is 5.46. The van der Waals surface area contributed by atoms with Gasteiger partial charge in [-0.3, -0.25) is 4.79 Å². The van der Waals surface area contributed by atoms with Gasteiger partial charge in [-0.2, -0.15) is 0 Å². The van der Waals surface area contributed by atoms with Crippen LogP contribution >= 0.6 is 0 Å². The van der Waals surface area contributed by atoms with Crippen LogP contribution in [0.1, 0.15) is 22.3 Å². The van der Waals surface area contributed by atoms with Crippen molar-refractivity contribution in [3.05, 3.63) is 47.3 Å². The van der Waals surface area contributed by atoms with E-state index in [1.807, 2.05) is 0 Å². The van der Waals surface area contributed by atoms with Crippen LogP contribution in [0, 0.1) is 12.7 Å². The third-order valence-electron chi connectivity index (χ3n) is 3.75. The van der Waals surface area contributed by atoms with Gasteiger partial charge in [0.05, 0.1) is 25.9 Å². The second kappa shape index (κ2) is 6.78. The van der Waals surface area contributed by atoms with Crippen molar-refractivity contribution in [2.45, 2.75) is 13.3 Å². The molecule has 0 atom stereocenters. The van der Waals surface area contributed by atoms with Crippen LogP contribution in [0.5, 0.6) is 17.2 Å². The number of aryl methyl sites for hydroxylation is 1. The number of ether oxygens (including phenoxy) is 3. The van der Waals surface area contributed by atoms with E-state index in [-0.39, 0.29) is 11.7 Å². The Morgan fingerprint density at radius 1 is 1.17 bits per heavy atom. The minimum Gasteiger partial charge on any atom is -0.496 e. The number of halogens is 1. The number of amides is 1. The highest BCUT2D eigenvalue weighted by molar-refractivity contribution is 6.07. The van der Waals surface area contributed by atoms with Gasteiger partial charge in [-0.25, -0.2) is 4.39 Å². The molecule has 24 heavy (non-hydrogen) atoms. The summed E-state index contributed by atoms with van der Waals surface area (Å²) in [5.41, 5.74) is 1.50. The Hall–Kier alpha value is -2.76. The van der Waals surface area contributed by atoms with Gasteiger partial charge >= 0.3 is 0 Å². The highest BCUT2D eigenvalue weighted by Gasteiger charge is 2.20. The van der Waals surface area contributed by atoms with Gasteiger partial charge in [-0.1, -0.05) is 0 Å². The number of hydrogen-bond acceptors (Lipinski definition) is 4. The Balaban J connectivity index is 1.92. The monoisotopic (exact) mass is 331 g/mol. The molecule has 126 valence electrons. The molecule has 0 saturated carbocycles. The lowest BCUT2D eigenvalue weighted by Gasteiger charge is -2.14. The Morgan fingerprint density at radius 2 is 1.88 bits per heavy atom. The average Bonchev–Trinajstić information content (AvgIpc) is 2.80. The lowest BCUT2D eigenvalue weighted by atomic mass is 10.1. The zero-order valence-electron chi connectivity index (χ0n) is 13.5. The fourth-order valence-corrected chi connectivity index (χ4v) is 2.49. The molecule has 2 aromatic rings. The van der Waals surface area contributed by atoms with Gasteiger partial charge in [0.2, 0.25) is 0 Å². The molecule has 5 nitrogen and oxygen atoms in total. The number of fused-ring (bicyclic) bond motifs is 1. The molecule has 1 heterocycles. The van der Waals surface area contributed by atoms with Crippen LogP contribution in [0.2, 0.25) is 0 Å². The SMILES string of the molecule is COc1cc2c(cc1C(=O)Nc1ccc(F)cc1C)OCCCO2. The molecule has 0 saturated heterocycles. The van der Waals surface area contributed by atoms with Crippen molar-refractivity contribution in [1.29, 1.82) is 0 Å². The molecule has 0 spiro atoms. The molecular formula is C18H18FNO4. The summed E-state index contributed by atoms with van der Waals surface area (Å²) in [4.78, 5) is 12.6. The number of rotatable bonds is 3. The summed E-state index contributed by atoms with van der Waals surface area (Å²) in [6.07, 6.45) is 0.771. The number of anilines is 1. The van der Waals surface area contributed by atoms with Crippen LogP contribution in [0.3, 0.4) is 0 Å². The molecule has 3 rings (SSSR count). The smallest absolute Gasteiger partial charge is 0.259 e. The van der Waals surface area contributed by atoms with E-state index in [1.54, 1.807) is 19.1 Å². The van der Waals surface area contributed by atoms with Crippen LogP contribution in [0.4, 0.5) is 10.1 Å². The standard InChI is InChI=1S/C18H18FNO4/c1-11-8-12(19)4-5-14(11)20-18(21)13-9-16-17(10-15(13)22-2)24-7-3-6-23-16/h4-5,8-10H,3,6-7H2,1-2H3,(H,20,21). The third-order valence-corrected chi connectivity index (χ3v) is 3.75. The summed E-state index contributed by atoms with van der Waals surface area (Å²) < 4.78 is 29.7. The van der Waals surface area contributed by atoms with Crippen molar-refractivity contribution in [3.8, 4) is 17.2 Å². The van der Waals surface area contributed by atoms with E-state index in [0.29, 0.717) is 47.3 Å². The topological polar surface area (TPSA) is 56.8 Å². The molecule has 1 amide bonds. The van der Waals surface area contributed by atoms with E-state index in [9.17, 15) is 9.18 Å². The van der Waals surface area contributed by atoms with E-state index in [1.165, 1.54) is 25.3 Å². The molecule has 0 aromatic heterocycles. The number of hydrogen-bond donors (Lipinski definition) is 1. The van der Waals surface area contributed by atoms with Crippen LogP contribution < -0.4 is 19.5 Å². The van der Waals surface area contributed by atoms with E-state index < -0.39 is 0 Å². The quantitative estimate of drug-likeness (QED) is 0.934. The molecular weight excluding hydrogens is 313 g/mol. The molecule has 0 radical (unpaired) electrons. The highest BCUT2D eigenvalue weighted by Crippen LogP contribution is 2.36. The maximum atomic E-state index is 13.2. The molecule has 0 fully saturated rings. The number of methoxy groups -OCH3 is 1. The first-order chi connectivity index (χ1) is 11.6. The van der Waals surface area contributed by atoms with Gasteiger partial charge in [0.15, 0.2) is 11.5 Å². The predicted octanol–water partition coefficient (Wildman–Crippen LogP) is 3.56. The molecule has 2 aromatic carbocycles. The van der Waals surface area contributed by atoms with Crippen molar-refractivity contribution in [1.82, 2.24) is 0 Å². The first-order valence-electron chi connectivity index (χ1n) is 7.63. The Morgan fingerprint density at radius 3 is 2.54 bits per heavy atom. The Labute approximate surface area is 139 Å². The molecule has 0 unspecified atom stereocenters. The summed E-state index contributed by atoms with van der Waals surface area (Å²) in [6, 6.07) is 7.44. The lowest BCUT2D eigenvalue weighted by molar-refractivity contribution is 0.102. The third kappa shape index (κ3) is 3.27. The van der Waals surface area contributed by atoms with Gasteiger partial charge in [-0.05, 0) is 30.7 Å². The number of benzene rings is 2. The van der Waals surface area contributed by atoms with Gasteiger partial charge in [0.25, 0.3) is 5.91 Å². The normalized spacial score (nSPS) is 13.1. The zero-order valence-corrected chi connectivity index (χ0v) is 13.5. The van der Waals surface area contributed by atoms with Crippen molar-refractivity contribution in [2.75, 3.05) is 25.6 Å². The minimum atomic E-state index is -0.364. The molecule has 1 N–H and O–H groups in total. The summed E-state index contributed by atoms with van der Waals surface area (Å²) in [5.74, 6) is 0.737. The van der Waals surface area contributed by atoms with E-state index in [4.69, 9.17) is 14.2 Å². The highest BCUT2D eigenvalue weighted by atomic mass is 19.1. The largest absolute Gasteiger partial charge is 0.496 e. The van der Waals surface area contributed by atoms with Crippen LogP contribution in [0.25, 0.3) is 0 Å². The Kier molecular flexibility index (Phi) is 4.55. The summed E-state index contributed by atoms with van der Waals surface area (Å²) >= 11 is 0. The van der Waals surface area contributed by atoms with Gasteiger partial charge < -0.3 is 19.5 Å². The molecule has 0 bridgehead atoms. The predicted molar refractivity (Wildman–Crippen MR) is 87.7 cm³/mol. The van der Waals surface area contributed by atoms with Gasteiger partial charge in [-0.15, -0.1) is 0 Å². The van der Waals surface area contributed by atoms with Gasteiger partial charge in [0, 0.05) is 24.2 Å². The first kappa shape index (κ1) is 16.1. The molecule has 0 aliphatic carbocycles. The minimum absolute atomic E-state index is 0.325. The van der Waals surface area contributed by atoms with E-state index in [2.05, 4.69) is 5.32 Å². The molecule has 1 aliphatic rings. The fraction of sp³-hybridized carbons (Fsp3) is 0.278. The van der Waals surface area contributed by atoms with E-state index in [0.717, 1.165) is 6.42 Å². The van der Waals surface area contributed by atoms with Crippen LogP contribution in [0.15, 0.2) is 30.3 Å².